The molecule has 2 saturated carbocycles. The molecule has 2 aliphatic heterocycles. The van der Waals surface area contributed by atoms with Crippen molar-refractivity contribution in [3.05, 3.63) is 11.1 Å². The van der Waals surface area contributed by atoms with Crippen molar-refractivity contribution in [2.75, 3.05) is 26.4 Å². The van der Waals surface area contributed by atoms with Gasteiger partial charge in [-0.2, -0.15) is 0 Å². The molecule has 2 spiro atoms. The molecule has 0 amide bonds. The summed E-state index contributed by atoms with van der Waals surface area (Å²) in [6.07, 6.45) is 8.52. The zero-order valence-electron chi connectivity index (χ0n) is 16.3. The Labute approximate surface area is 160 Å². The second kappa shape index (κ2) is 5.44. The van der Waals surface area contributed by atoms with Gasteiger partial charge in [0.1, 0.15) is 0 Å². The van der Waals surface area contributed by atoms with Crippen molar-refractivity contribution < 1.29 is 23.7 Å². The van der Waals surface area contributed by atoms with Crippen LogP contribution in [0.4, 0.5) is 0 Å². The molecule has 0 N–H and O–H groups in total. The van der Waals surface area contributed by atoms with E-state index in [0.717, 1.165) is 44.9 Å². The molecule has 4 fully saturated rings. The van der Waals surface area contributed by atoms with Gasteiger partial charge in [-0.05, 0) is 38.0 Å². The maximum Gasteiger partial charge on any atom is 0.174 e. The minimum atomic E-state index is -0.567. The Bertz CT molecular complexity index is 714. The fourth-order valence-electron chi connectivity index (χ4n) is 7.94. The topological polar surface area (TPSA) is 54.0 Å². The zero-order valence-corrected chi connectivity index (χ0v) is 16.3. The number of rotatable bonds is 0. The summed E-state index contributed by atoms with van der Waals surface area (Å²) in [5.41, 5.74) is 2.19. The number of fused-ring (bicyclic) bond motifs is 2. The number of hydrogen-bond donors (Lipinski definition) is 0. The van der Waals surface area contributed by atoms with Gasteiger partial charge in [0.2, 0.25) is 0 Å². The monoisotopic (exact) mass is 374 g/mol. The first-order valence-corrected chi connectivity index (χ1v) is 10.8. The van der Waals surface area contributed by atoms with E-state index in [1.807, 2.05) is 0 Å². The SMILES string of the molecule is C[C@]12CC(=O)C3=C4CCC[C@]3(CC3(CC4)OCCO3)[C@@H]1CCC21OCCO1. The number of hydrogen-bond acceptors (Lipinski definition) is 5. The second-order valence-corrected chi connectivity index (χ2v) is 9.83. The van der Waals surface area contributed by atoms with Crippen molar-refractivity contribution in [2.24, 2.45) is 16.7 Å². The summed E-state index contributed by atoms with van der Waals surface area (Å²) < 4.78 is 24.9. The predicted octanol–water partition coefficient (Wildman–Crippen LogP) is 3.51. The average molecular weight is 374 g/mol. The highest BCUT2D eigenvalue weighted by atomic mass is 16.7. The minimum absolute atomic E-state index is 0.128. The molecule has 0 radical (unpaired) electrons. The number of allylic oxidation sites excluding steroid dienone is 2. The third kappa shape index (κ3) is 2.02. The smallest absolute Gasteiger partial charge is 0.174 e. The van der Waals surface area contributed by atoms with Gasteiger partial charge in [0.15, 0.2) is 17.4 Å². The Morgan fingerprint density at radius 2 is 1.67 bits per heavy atom. The summed E-state index contributed by atoms with van der Waals surface area (Å²) >= 11 is 0. The van der Waals surface area contributed by atoms with Crippen LogP contribution in [0.5, 0.6) is 0 Å². The number of Topliss-reactive ketones (excluding diaryl/α,β-unsaturated/α-hetero) is 1. The van der Waals surface area contributed by atoms with Gasteiger partial charge in [0.05, 0.1) is 26.4 Å². The van der Waals surface area contributed by atoms with E-state index in [9.17, 15) is 4.79 Å². The molecule has 2 saturated heterocycles. The molecule has 0 aromatic rings. The Balaban J connectivity index is 1.52. The van der Waals surface area contributed by atoms with Crippen LogP contribution in [-0.4, -0.2) is 43.8 Å². The van der Waals surface area contributed by atoms with Gasteiger partial charge in [-0.25, -0.2) is 0 Å². The van der Waals surface area contributed by atoms with Crippen LogP contribution in [-0.2, 0) is 23.7 Å². The standard InChI is InChI=1S/C22H30O5/c1-19-13-16(23)18-15-3-2-6-20(18,14-21(7-4-15)24-9-10-25-21)17(19)5-8-22(19)26-11-12-27-22/h17H,2-14H2,1H3/t17-,19+,20+/m1/s1. The average Bonchev–Trinajstić information content (AvgIpc) is 3.34. The number of carbonyl (C=O) groups excluding carboxylic acids is 1. The van der Waals surface area contributed by atoms with E-state index in [-0.39, 0.29) is 10.8 Å². The lowest BCUT2D eigenvalue weighted by Crippen LogP contribution is -2.58. The number of ether oxygens (including phenoxy) is 4. The van der Waals surface area contributed by atoms with E-state index >= 15 is 0 Å². The van der Waals surface area contributed by atoms with Crippen molar-refractivity contribution in [3.63, 3.8) is 0 Å². The first kappa shape index (κ1) is 17.1. The summed E-state index contributed by atoms with van der Waals surface area (Å²) in [5, 5.41) is 0. The molecule has 6 aliphatic rings. The van der Waals surface area contributed by atoms with E-state index in [0.29, 0.717) is 44.5 Å². The Kier molecular flexibility index (Phi) is 3.45. The molecule has 6 rings (SSSR count). The number of ketones is 1. The molecule has 5 nitrogen and oxygen atoms in total. The molecule has 0 unspecified atom stereocenters. The van der Waals surface area contributed by atoms with Crippen LogP contribution in [0.15, 0.2) is 11.1 Å². The van der Waals surface area contributed by atoms with E-state index in [4.69, 9.17) is 18.9 Å². The van der Waals surface area contributed by atoms with Crippen molar-refractivity contribution in [1.82, 2.24) is 0 Å². The number of carbonyl (C=O) groups is 1. The van der Waals surface area contributed by atoms with Gasteiger partial charge in [-0.1, -0.05) is 12.5 Å². The van der Waals surface area contributed by atoms with Crippen molar-refractivity contribution in [1.29, 1.82) is 0 Å². The third-order valence-corrected chi connectivity index (χ3v) is 8.79. The molecule has 148 valence electrons. The van der Waals surface area contributed by atoms with Crippen LogP contribution in [0.25, 0.3) is 0 Å². The molecule has 27 heavy (non-hydrogen) atoms. The summed E-state index contributed by atoms with van der Waals surface area (Å²) in [5.74, 6) is -0.321. The Morgan fingerprint density at radius 3 is 2.44 bits per heavy atom. The summed E-state index contributed by atoms with van der Waals surface area (Å²) in [6, 6.07) is 0. The third-order valence-electron chi connectivity index (χ3n) is 8.79. The largest absolute Gasteiger partial charge is 0.347 e. The van der Waals surface area contributed by atoms with Crippen LogP contribution >= 0.6 is 0 Å². The van der Waals surface area contributed by atoms with Crippen LogP contribution in [0.2, 0.25) is 0 Å². The lowest BCUT2D eigenvalue weighted by molar-refractivity contribution is -0.244. The first-order valence-electron chi connectivity index (χ1n) is 10.8. The molecule has 0 aromatic carbocycles. The summed E-state index contributed by atoms with van der Waals surface area (Å²) in [7, 11) is 0. The van der Waals surface area contributed by atoms with Crippen LogP contribution in [0, 0.1) is 16.7 Å². The molecule has 2 bridgehead atoms. The van der Waals surface area contributed by atoms with Crippen LogP contribution < -0.4 is 0 Å². The lowest BCUT2D eigenvalue weighted by atomic mass is 9.48. The van der Waals surface area contributed by atoms with E-state index < -0.39 is 11.6 Å². The molecule has 5 heteroatoms. The van der Waals surface area contributed by atoms with E-state index in [2.05, 4.69) is 6.92 Å². The lowest BCUT2D eigenvalue weighted by Gasteiger charge is -2.57. The summed E-state index contributed by atoms with van der Waals surface area (Å²) in [4.78, 5) is 13.6. The molecule has 4 aliphatic carbocycles. The van der Waals surface area contributed by atoms with E-state index in [1.165, 1.54) is 17.6 Å². The fourth-order valence-corrected chi connectivity index (χ4v) is 7.94. The molecular formula is C22H30O5. The van der Waals surface area contributed by atoms with Gasteiger partial charge < -0.3 is 18.9 Å². The quantitative estimate of drug-likeness (QED) is 0.649. The van der Waals surface area contributed by atoms with Crippen LogP contribution in [0.3, 0.4) is 0 Å². The van der Waals surface area contributed by atoms with E-state index in [1.54, 1.807) is 0 Å². The van der Waals surface area contributed by atoms with Gasteiger partial charge in [-0.3, -0.25) is 4.79 Å². The van der Waals surface area contributed by atoms with Crippen LogP contribution in [0.1, 0.15) is 64.7 Å². The molecular weight excluding hydrogens is 344 g/mol. The van der Waals surface area contributed by atoms with Gasteiger partial charge in [0.25, 0.3) is 0 Å². The van der Waals surface area contributed by atoms with Gasteiger partial charge in [-0.15, -0.1) is 0 Å². The Hall–Kier alpha value is -0.750. The van der Waals surface area contributed by atoms with Crippen molar-refractivity contribution >= 4 is 5.78 Å². The molecule has 0 aromatic heterocycles. The molecule has 2 heterocycles. The molecule has 3 atom stereocenters. The second-order valence-electron chi connectivity index (χ2n) is 9.83. The van der Waals surface area contributed by atoms with Gasteiger partial charge >= 0.3 is 0 Å². The minimum Gasteiger partial charge on any atom is -0.347 e. The maximum absolute atomic E-state index is 13.6. The first-order chi connectivity index (χ1) is 13.0. The highest BCUT2D eigenvalue weighted by Crippen LogP contribution is 2.71. The predicted molar refractivity (Wildman–Crippen MR) is 96.9 cm³/mol. The van der Waals surface area contributed by atoms with Crippen molar-refractivity contribution in [2.45, 2.75) is 76.3 Å². The fraction of sp³-hybridized carbons (Fsp3) is 0.864. The highest BCUT2D eigenvalue weighted by Gasteiger charge is 2.71. The van der Waals surface area contributed by atoms with Gasteiger partial charge in [0, 0.05) is 42.1 Å². The normalized spacial score (nSPS) is 44.6. The van der Waals surface area contributed by atoms with Crippen molar-refractivity contribution in [3.8, 4) is 0 Å². The zero-order chi connectivity index (χ0) is 18.3. The maximum atomic E-state index is 13.6. The Morgan fingerprint density at radius 1 is 0.926 bits per heavy atom. The highest BCUT2D eigenvalue weighted by molar-refractivity contribution is 5.99. The summed E-state index contributed by atoms with van der Waals surface area (Å²) in [6.45, 7) is 4.91.